The highest BCUT2D eigenvalue weighted by Crippen LogP contribution is 2.14. The Kier molecular flexibility index (Phi) is 3.38. The molecule has 1 aromatic heterocycles. The number of nitrogens with one attached hydrogen (secondary N) is 1. The molecule has 0 spiro atoms. The number of halogens is 1. The van der Waals surface area contributed by atoms with E-state index in [0.717, 1.165) is 17.4 Å². The van der Waals surface area contributed by atoms with Crippen LogP contribution in [-0.2, 0) is 4.79 Å². The van der Waals surface area contributed by atoms with Gasteiger partial charge in [0.05, 0.1) is 4.47 Å². The van der Waals surface area contributed by atoms with Crippen molar-refractivity contribution in [2.75, 3.05) is 18.9 Å². The minimum atomic E-state index is 0.143. The maximum atomic E-state index is 11.5. The monoisotopic (exact) mass is 284 g/mol. The average Bonchev–Trinajstić information content (AvgIpc) is 2.27. The third-order valence-electron chi connectivity index (χ3n) is 2.61. The van der Waals surface area contributed by atoms with E-state index >= 15 is 0 Å². The van der Waals surface area contributed by atoms with E-state index in [1.54, 1.807) is 17.3 Å². The van der Waals surface area contributed by atoms with Gasteiger partial charge >= 0.3 is 0 Å². The highest BCUT2D eigenvalue weighted by Gasteiger charge is 2.23. The molecule has 6 heteroatoms. The van der Waals surface area contributed by atoms with Crippen LogP contribution < -0.4 is 5.32 Å². The molecule has 0 bridgehead atoms. The van der Waals surface area contributed by atoms with Crippen molar-refractivity contribution >= 4 is 27.8 Å². The number of rotatable bonds is 2. The maximum Gasteiger partial charge on any atom is 0.224 e. The number of piperidine rings is 1. The lowest BCUT2D eigenvalue weighted by molar-refractivity contribution is -0.132. The minimum absolute atomic E-state index is 0.143. The number of aromatic nitrogens is 2. The van der Waals surface area contributed by atoms with E-state index in [9.17, 15) is 4.79 Å². The number of hydrogen-bond donors (Lipinski definition) is 1. The van der Waals surface area contributed by atoms with E-state index in [4.69, 9.17) is 0 Å². The molecule has 1 unspecified atom stereocenters. The van der Waals surface area contributed by atoms with Crippen LogP contribution in [0.2, 0.25) is 0 Å². The Morgan fingerprint density at radius 2 is 2.19 bits per heavy atom. The molecule has 1 aliphatic heterocycles. The highest BCUT2D eigenvalue weighted by molar-refractivity contribution is 9.10. The van der Waals surface area contributed by atoms with Crippen LogP contribution in [0.1, 0.15) is 12.8 Å². The zero-order chi connectivity index (χ0) is 11.5. The molecule has 1 aromatic rings. The largest absolute Gasteiger partial charge is 0.351 e. The first kappa shape index (κ1) is 11.3. The second kappa shape index (κ2) is 4.78. The Labute approximate surface area is 102 Å². The van der Waals surface area contributed by atoms with Crippen molar-refractivity contribution in [1.29, 1.82) is 0 Å². The van der Waals surface area contributed by atoms with Gasteiger partial charge in [0.15, 0.2) is 0 Å². The van der Waals surface area contributed by atoms with Gasteiger partial charge in [-0.2, -0.15) is 0 Å². The molecule has 1 fully saturated rings. The van der Waals surface area contributed by atoms with Crippen LogP contribution >= 0.6 is 15.9 Å². The van der Waals surface area contributed by atoms with Crippen molar-refractivity contribution in [2.45, 2.75) is 18.9 Å². The molecule has 0 aliphatic carbocycles. The first-order valence-corrected chi connectivity index (χ1v) is 5.92. The zero-order valence-corrected chi connectivity index (χ0v) is 10.6. The number of carbonyl (C=O) groups excluding carboxylic acids is 1. The molecule has 86 valence electrons. The van der Waals surface area contributed by atoms with E-state index in [0.29, 0.717) is 12.4 Å². The molecule has 1 aliphatic rings. The summed E-state index contributed by atoms with van der Waals surface area (Å²) in [6.07, 6.45) is 4.82. The van der Waals surface area contributed by atoms with E-state index in [-0.39, 0.29) is 11.9 Å². The maximum absolute atomic E-state index is 11.5. The van der Waals surface area contributed by atoms with Crippen LogP contribution in [0.25, 0.3) is 0 Å². The molecule has 0 aromatic carbocycles. The third kappa shape index (κ3) is 2.69. The summed E-state index contributed by atoms with van der Waals surface area (Å²) in [5.74, 6) is 0.742. The minimum Gasteiger partial charge on any atom is -0.351 e. The molecule has 2 rings (SSSR count). The molecule has 5 nitrogen and oxygen atoms in total. The molecular weight excluding hydrogens is 272 g/mol. The highest BCUT2D eigenvalue weighted by atomic mass is 79.9. The smallest absolute Gasteiger partial charge is 0.224 e. The van der Waals surface area contributed by atoms with Gasteiger partial charge in [-0.3, -0.25) is 4.79 Å². The van der Waals surface area contributed by atoms with E-state index in [2.05, 4.69) is 31.2 Å². The van der Waals surface area contributed by atoms with Gasteiger partial charge in [-0.25, -0.2) is 9.97 Å². The van der Waals surface area contributed by atoms with Gasteiger partial charge in [0.25, 0.3) is 0 Å². The Hall–Kier alpha value is -1.17. The fraction of sp³-hybridized carbons (Fsp3) is 0.500. The van der Waals surface area contributed by atoms with Crippen molar-refractivity contribution in [2.24, 2.45) is 0 Å². The fourth-order valence-corrected chi connectivity index (χ4v) is 1.84. The number of hydrogen-bond acceptors (Lipinski definition) is 4. The van der Waals surface area contributed by atoms with Gasteiger partial charge in [0.1, 0.15) is 0 Å². The van der Waals surface area contributed by atoms with Gasteiger partial charge in [0, 0.05) is 38.4 Å². The lowest BCUT2D eigenvalue weighted by atomic mass is 10.1. The zero-order valence-electron chi connectivity index (χ0n) is 8.98. The summed E-state index contributed by atoms with van der Waals surface area (Å²) >= 11 is 3.27. The summed E-state index contributed by atoms with van der Waals surface area (Å²) in [4.78, 5) is 21.5. The third-order valence-corrected chi connectivity index (χ3v) is 3.02. The topological polar surface area (TPSA) is 58.1 Å². The molecule has 2 heterocycles. The summed E-state index contributed by atoms with van der Waals surface area (Å²) in [6, 6.07) is 0.143. The fourth-order valence-electron chi connectivity index (χ4n) is 1.64. The normalized spacial score (nSPS) is 21.0. The van der Waals surface area contributed by atoms with Crippen molar-refractivity contribution in [3.8, 4) is 0 Å². The summed E-state index contributed by atoms with van der Waals surface area (Å²) in [7, 11) is 1.83. The molecule has 0 saturated carbocycles. The SMILES string of the molecule is CN1CCC(Nc2ncc(Br)cn2)CC1=O. The number of nitrogens with zero attached hydrogens (tertiary/aromatic N) is 3. The Morgan fingerprint density at radius 3 is 2.81 bits per heavy atom. The molecule has 16 heavy (non-hydrogen) atoms. The molecule has 1 saturated heterocycles. The Bertz CT molecular complexity index is 381. The Morgan fingerprint density at radius 1 is 1.50 bits per heavy atom. The predicted octanol–water partition coefficient (Wildman–Crippen LogP) is 1.27. The molecular formula is C10H13BrN4O. The number of likely N-dealkylation sites (tertiary alicyclic amines) is 1. The molecule has 1 amide bonds. The van der Waals surface area contributed by atoms with Crippen LogP contribution in [0, 0.1) is 0 Å². The van der Waals surface area contributed by atoms with Gasteiger partial charge in [-0.05, 0) is 22.4 Å². The van der Waals surface area contributed by atoms with Crippen molar-refractivity contribution < 1.29 is 4.79 Å². The van der Waals surface area contributed by atoms with Gasteiger partial charge in [0.2, 0.25) is 11.9 Å². The summed E-state index contributed by atoms with van der Waals surface area (Å²) in [5, 5.41) is 3.17. The summed E-state index contributed by atoms with van der Waals surface area (Å²) in [5.41, 5.74) is 0. The van der Waals surface area contributed by atoms with Gasteiger partial charge < -0.3 is 10.2 Å². The predicted molar refractivity (Wildman–Crippen MR) is 64.0 cm³/mol. The lowest BCUT2D eigenvalue weighted by Gasteiger charge is -2.29. The van der Waals surface area contributed by atoms with Gasteiger partial charge in [-0.15, -0.1) is 0 Å². The Balaban J connectivity index is 1.95. The standard InChI is InChI=1S/C10H13BrN4O/c1-15-3-2-8(4-9(15)16)14-10-12-5-7(11)6-13-10/h5-6,8H,2-4H2,1H3,(H,12,13,14). The van der Waals surface area contributed by atoms with Crippen molar-refractivity contribution in [3.05, 3.63) is 16.9 Å². The van der Waals surface area contributed by atoms with E-state index in [1.807, 2.05) is 7.05 Å². The number of anilines is 1. The van der Waals surface area contributed by atoms with Crippen LogP contribution in [-0.4, -0.2) is 40.4 Å². The second-order valence-electron chi connectivity index (χ2n) is 3.87. The van der Waals surface area contributed by atoms with E-state index in [1.165, 1.54) is 0 Å². The lowest BCUT2D eigenvalue weighted by Crippen LogP contribution is -2.41. The number of amides is 1. The first-order valence-electron chi connectivity index (χ1n) is 5.13. The summed E-state index contributed by atoms with van der Waals surface area (Å²) in [6.45, 7) is 0.785. The van der Waals surface area contributed by atoms with E-state index < -0.39 is 0 Å². The van der Waals surface area contributed by atoms with Crippen LogP contribution in [0.4, 0.5) is 5.95 Å². The molecule has 1 N–H and O–H groups in total. The quantitative estimate of drug-likeness (QED) is 0.889. The summed E-state index contributed by atoms with van der Waals surface area (Å²) < 4.78 is 0.845. The van der Waals surface area contributed by atoms with Crippen molar-refractivity contribution in [3.63, 3.8) is 0 Å². The van der Waals surface area contributed by atoms with Crippen LogP contribution in [0.5, 0.6) is 0 Å². The first-order chi connectivity index (χ1) is 7.65. The van der Waals surface area contributed by atoms with Crippen molar-refractivity contribution in [1.82, 2.24) is 14.9 Å². The second-order valence-corrected chi connectivity index (χ2v) is 4.79. The van der Waals surface area contributed by atoms with Crippen LogP contribution in [0.15, 0.2) is 16.9 Å². The van der Waals surface area contributed by atoms with Gasteiger partial charge in [-0.1, -0.05) is 0 Å². The molecule has 0 radical (unpaired) electrons. The molecule has 1 atom stereocenters. The number of carbonyl (C=O) groups is 1. The van der Waals surface area contributed by atoms with Crippen LogP contribution in [0.3, 0.4) is 0 Å². The average molecular weight is 285 g/mol.